The maximum Gasteiger partial charge on any atom is 0.472 e. The summed E-state index contributed by atoms with van der Waals surface area (Å²) in [5.74, 6) is -0.620. The van der Waals surface area contributed by atoms with Crippen LogP contribution in [0.4, 0.5) is 0 Å². The molecule has 0 fully saturated rings. The standard InChI is InChI=1S/C63H107N2O7P/c1-7-10-13-16-19-22-25-27-29-31-32-34-36-38-41-44-47-50-53-56-63(67)72-61(54-51-48-45-42-39-24-21-18-15-12-9-3)60(59-71-73(68,69)70-58-57-65(4,5)6)64-62(66)55-52-49-46-43-40-37-35-33-30-28-26-23-20-17-14-11-8-2/h10,13,19-20,22-23,27-30,32,34-35,37-38,41,43,46,51,54,60-61H,7-9,11-12,14-18,21,24-26,31,33,36,39-40,42,44-45,47-50,52-53,55-59H2,1-6H3,(H-,64,66,68,69)/p+1/b13-10-,22-19-,23-20-,29-27-,30-28-,34-32-,37-35-,41-38-,46-43-,54-51+. The molecule has 10 heteroatoms. The number of hydrogen-bond acceptors (Lipinski definition) is 6. The van der Waals surface area contributed by atoms with Crippen molar-refractivity contribution in [3.05, 3.63) is 122 Å². The van der Waals surface area contributed by atoms with Crippen molar-refractivity contribution in [1.29, 1.82) is 0 Å². The van der Waals surface area contributed by atoms with Crippen LogP contribution >= 0.6 is 7.82 Å². The highest BCUT2D eigenvalue weighted by molar-refractivity contribution is 7.47. The van der Waals surface area contributed by atoms with Crippen LogP contribution in [-0.2, 0) is 27.9 Å². The van der Waals surface area contributed by atoms with E-state index in [-0.39, 0.29) is 37.9 Å². The Bertz CT molecular complexity index is 1660. The number of allylic oxidation sites excluding steroid dienone is 19. The lowest BCUT2D eigenvalue weighted by molar-refractivity contribution is -0.870. The zero-order valence-electron chi connectivity index (χ0n) is 47.3. The lowest BCUT2D eigenvalue weighted by atomic mass is 10.1. The zero-order valence-corrected chi connectivity index (χ0v) is 48.2. The van der Waals surface area contributed by atoms with Crippen LogP contribution in [0.1, 0.15) is 213 Å². The number of rotatable bonds is 50. The van der Waals surface area contributed by atoms with Gasteiger partial charge in [0, 0.05) is 12.8 Å². The number of ether oxygens (including phenoxy) is 1. The molecule has 0 aromatic heterocycles. The average molecular weight is 1040 g/mol. The van der Waals surface area contributed by atoms with E-state index >= 15 is 0 Å². The van der Waals surface area contributed by atoms with E-state index in [1.54, 1.807) is 0 Å². The number of phosphoric ester groups is 1. The number of quaternary nitrogens is 1. The van der Waals surface area contributed by atoms with E-state index in [1.807, 2.05) is 33.3 Å². The minimum absolute atomic E-state index is 0.0178. The number of hydrogen-bond donors (Lipinski definition) is 2. The van der Waals surface area contributed by atoms with Gasteiger partial charge in [0.05, 0.1) is 33.8 Å². The summed E-state index contributed by atoms with van der Waals surface area (Å²) in [6.07, 6.45) is 72.1. The second-order valence-electron chi connectivity index (χ2n) is 20.1. The van der Waals surface area contributed by atoms with Crippen molar-refractivity contribution in [1.82, 2.24) is 5.32 Å². The van der Waals surface area contributed by atoms with Gasteiger partial charge in [-0.3, -0.25) is 18.6 Å². The second kappa shape index (κ2) is 51.9. The van der Waals surface area contributed by atoms with E-state index in [4.69, 9.17) is 13.8 Å². The van der Waals surface area contributed by atoms with Crippen LogP contribution < -0.4 is 5.32 Å². The molecule has 0 bridgehead atoms. The lowest BCUT2D eigenvalue weighted by Crippen LogP contribution is -2.47. The van der Waals surface area contributed by atoms with Gasteiger partial charge in [0.15, 0.2) is 0 Å². The maximum absolute atomic E-state index is 13.5. The first-order valence-electron chi connectivity index (χ1n) is 28.9. The van der Waals surface area contributed by atoms with E-state index in [0.717, 1.165) is 96.3 Å². The molecule has 0 heterocycles. The third-order valence-corrected chi connectivity index (χ3v) is 12.9. The van der Waals surface area contributed by atoms with Gasteiger partial charge >= 0.3 is 13.8 Å². The van der Waals surface area contributed by atoms with Crippen molar-refractivity contribution in [2.75, 3.05) is 40.9 Å². The molecule has 0 aromatic rings. The van der Waals surface area contributed by atoms with Gasteiger partial charge < -0.3 is 19.4 Å². The quantitative estimate of drug-likeness (QED) is 0.0205. The molecule has 0 aliphatic rings. The summed E-state index contributed by atoms with van der Waals surface area (Å²) < 4.78 is 30.5. The Kier molecular flexibility index (Phi) is 49.3. The first kappa shape index (κ1) is 69.4. The van der Waals surface area contributed by atoms with E-state index in [0.29, 0.717) is 23.9 Å². The molecule has 0 saturated carbocycles. The molecule has 73 heavy (non-hydrogen) atoms. The highest BCUT2D eigenvalue weighted by Crippen LogP contribution is 2.43. The normalized spacial score (nSPS) is 14.7. The van der Waals surface area contributed by atoms with Crippen LogP contribution in [0.25, 0.3) is 0 Å². The van der Waals surface area contributed by atoms with Crippen molar-refractivity contribution in [2.45, 2.75) is 226 Å². The van der Waals surface area contributed by atoms with Gasteiger partial charge in [0.1, 0.15) is 19.3 Å². The first-order valence-corrected chi connectivity index (χ1v) is 30.4. The highest BCUT2D eigenvalue weighted by atomic mass is 31.2. The number of esters is 1. The van der Waals surface area contributed by atoms with Crippen molar-refractivity contribution in [2.24, 2.45) is 0 Å². The summed E-state index contributed by atoms with van der Waals surface area (Å²) in [5.41, 5.74) is 0. The van der Waals surface area contributed by atoms with Crippen molar-refractivity contribution < 1.29 is 37.3 Å². The second-order valence-corrected chi connectivity index (χ2v) is 21.5. The van der Waals surface area contributed by atoms with Crippen molar-refractivity contribution >= 4 is 19.7 Å². The first-order chi connectivity index (χ1) is 35.4. The Labute approximate surface area is 448 Å². The summed E-state index contributed by atoms with van der Waals surface area (Å²) in [6.45, 7) is 6.77. The van der Waals surface area contributed by atoms with Gasteiger partial charge in [0.25, 0.3) is 0 Å². The molecule has 0 aliphatic carbocycles. The van der Waals surface area contributed by atoms with E-state index in [1.165, 1.54) is 70.6 Å². The predicted octanol–water partition coefficient (Wildman–Crippen LogP) is 17.5. The van der Waals surface area contributed by atoms with Gasteiger partial charge in [-0.15, -0.1) is 0 Å². The van der Waals surface area contributed by atoms with Crippen LogP contribution in [0.15, 0.2) is 122 Å². The molecule has 3 atom stereocenters. The topological polar surface area (TPSA) is 111 Å². The number of carbonyl (C=O) groups excluding carboxylic acids is 2. The molecule has 9 nitrogen and oxygen atoms in total. The van der Waals surface area contributed by atoms with Crippen LogP contribution in [0.5, 0.6) is 0 Å². The Morgan fingerprint density at radius 1 is 0.493 bits per heavy atom. The largest absolute Gasteiger partial charge is 0.472 e. The van der Waals surface area contributed by atoms with E-state index in [9.17, 15) is 19.0 Å². The molecule has 0 rings (SSSR count). The minimum Gasteiger partial charge on any atom is -0.456 e. The Morgan fingerprint density at radius 2 is 0.890 bits per heavy atom. The summed E-state index contributed by atoms with van der Waals surface area (Å²) in [6, 6.07) is -0.898. The smallest absolute Gasteiger partial charge is 0.456 e. The summed E-state index contributed by atoms with van der Waals surface area (Å²) >= 11 is 0. The summed E-state index contributed by atoms with van der Waals surface area (Å²) in [4.78, 5) is 37.6. The molecule has 3 unspecified atom stereocenters. The molecule has 416 valence electrons. The van der Waals surface area contributed by atoms with Gasteiger partial charge in [-0.05, 0) is 115 Å². The third kappa shape index (κ3) is 53.1. The minimum atomic E-state index is -4.47. The Balaban J connectivity index is 5.47. The number of phosphoric acid groups is 1. The number of nitrogens with one attached hydrogen (secondary N) is 1. The predicted molar refractivity (Wildman–Crippen MR) is 313 cm³/mol. The van der Waals surface area contributed by atoms with Crippen molar-refractivity contribution in [3.8, 4) is 0 Å². The number of nitrogens with zero attached hydrogens (tertiary/aromatic N) is 1. The van der Waals surface area contributed by atoms with E-state index < -0.39 is 20.0 Å². The fraction of sp³-hybridized carbons (Fsp3) is 0.651. The zero-order chi connectivity index (χ0) is 53.6. The molecule has 0 saturated heterocycles. The van der Waals surface area contributed by atoms with Crippen LogP contribution in [-0.4, -0.2) is 74.3 Å². The van der Waals surface area contributed by atoms with Crippen LogP contribution in [0, 0.1) is 0 Å². The molecule has 2 N–H and O–H groups in total. The van der Waals surface area contributed by atoms with Gasteiger partial charge in [-0.2, -0.15) is 0 Å². The van der Waals surface area contributed by atoms with Crippen LogP contribution in [0.2, 0.25) is 0 Å². The molecule has 0 aromatic carbocycles. The summed E-state index contributed by atoms with van der Waals surface area (Å²) in [5, 5.41) is 3.00. The van der Waals surface area contributed by atoms with Gasteiger partial charge in [-0.25, -0.2) is 4.57 Å². The highest BCUT2D eigenvalue weighted by Gasteiger charge is 2.30. The summed E-state index contributed by atoms with van der Waals surface area (Å²) in [7, 11) is 1.42. The third-order valence-electron chi connectivity index (χ3n) is 11.9. The van der Waals surface area contributed by atoms with Crippen molar-refractivity contribution in [3.63, 3.8) is 0 Å². The molecule has 1 amide bonds. The molecule has 0 spiro atoms. The monoisotopic (exact) mass is 1040 g/mol. The van der Waals surface area contributed by atoms with Crippen LogP contribution in [0.3, 0.4) is 0 Å². The number of carbonyl (C=O) groups is 2. The molecule has 0 aliphatic heterocycles. The Morgan fingerprint density at radius 3 is 1.37 bits per heavy atom. The number of unbranched alkanes of at least 4 members (excludes halogenated alkanes) is 16. The number of likely N-dealkylation sites (N-methyl/N-ethyl adjacent to an activating group) is 1. The molecular formula is C63H108N2O7P+. The fourth-order valence-electron chi connectivity index (χ4n) is 7.43. The van der Waals surface area contributed by atoms with E-state index in [2.05, 4.69) is 135 Å². The lowest BCUT2D eigenvalue weighted by Gasteiger charge is -2.27. The number of amides is 1. The fourth-order valence-corrected chi connectivity index (χ4v) is 8.16. The SMILES string of the molecule is CC/C=C\C/C=C\C/C=C\C/C=C\C/C=C\CCCCCC(=O)OC(/C=C/CCCCCCCCCCC)C(COP(=O)(O)OCC[N+](C)(C)C)NC(=O)CCC/C=C\C/C=C\C/C=C\C/C=C\CCCCC. The molecular weight excluding hydrogens is 928 g/mol. The van der Waals surface area contributed by atoms with Gasteiger partial charge in [0.2, 0.25) is 5.91 Å². The Hall–Kier alpha value is -3.59. The molecule has 0 radical (unpaired) electrons. The maximum atomic E-state index is 13.5. The average Bonchev–Trinajstić information content (AvgIpc) is 3.35. The van der Waals surface area contributed by atoms with Gasteiger partial charge in [-0.1, -0.05) is 207 Å².